The van der Waals surface area contributed by atoms with Crippen LogP contribution in [0.1, 0.15) is 23.7 Å². The molecular formula is C16H18N2O2S. The monoisotopic (exact) mass is 302 g/mol. The fourth-order valence-electron chi connectivity index (χ4n) is 2.48. The zero-order valence-corrected chi connectivity index (χ0v) is 12.9. The minimum Gasteiger partial charge on any atom is -0.360 e. The van der Waals surface area contributed by atoms with E-state index in [0.717, 1.165) is 22.2 Å². The number of nitrogens with zero attached hydrogens (tertiary/aromatic N) is 2. The van der Waals surface area contributed by atoms with Crippen molar-refractivity contribution in [2.75, 3.05) is 12.4 Å². The SMILES string of the molecule is CCc1c(Cc2ccccc2)nc2n(c1=O)COCCS2. The second-order valence-corrected chi connectivity index (χ2v) is 6.02. The molecule has 0 fully saturated rings. The number of fused-ring (bicyclic) bond motifs is 1. The van der Waals surface area contributed by atoms with Crippen LogP contribution in [0.5, 0.6) is 0 Å². The Morgan fingerprint density at radius 1 is 1.33 bits per heavy atom. The second-order valence-electron chi connectivity index (χ2n) is 4.95. The van der Waals surface area contributed by atoms with Crippen LogP contribution in [0.3, 0.4) is 0 Å². The lowest BCUT2D eigenvalue weighted by Crippen LogP contribution is -2.28. The molecule has 0 spiro atoms. The van der Waals surface area contributed by atoms with E-state index in [1.165, 1.54) is 5.56 Å². The lowest BCUT2D eigenvalue weighted by molar-refractivity contribution is 0.0834. The van der Waals surface area contributed by atoms with Gasteiger partial charge < -0.3 is 4.74 Å². The highest BCUT2D eigenvalue weighted by molar-refractivity contribution is 7.99. The standard InChI is InChI=1S/C16H18N2O2S/c1-2-13-14(10-12-6-4-3-5-7-12)17-16-18(15(13)19)11-20-8-9-21-16/h3-7H,2,8-11H2,1H3. The van der Waals surface area contributed by atoms with Crippen LogP contribution in [0.15, 0.2) is 40.3 Å². The average molecular weight is 302 g/mol. The molecule has 1 aliphatic rings. The summed E-state index contributed by atoms with van der Waals surface area (Å²) in [4.78, 5) is 17.4. The van der Waals surface area contributed by atoms with Crippen LogP contribution in [0, 0.1) is 0 Å². The van der Waals surface area contributed by atoms with Gasteiger partial charge >= 0.3 is 0 Å². The molecule has 1 aromatic heterocycles. The molecule has 2 aromatic rings. The Morgan fingerprint density at radius 3 is 2.90 bits per heavy atom. The fourth-order valence-corrected chi connectivity index (χ4v) is 3.33. The first-order valence-corrected chi connectivity index (χ1v) is 8.15. The highest BCUT2D eigenvalue weighted by Gasteiger charge is 2.17. The molecular weight excluding hydrogens is 284 g/mol. The Kier molecular flexibility index (Phi) is 4.41. The van der Waals surface area contributed by atoms with Gasteiger partial charge in [-0.3, -0.25) is 9.36 Å². The number of ether oxygens (including phenoxy) is 1. The maximum atomic E-state index is 12.6. The molecule has 0 saturated heterocycles. The van der Waals surface area contributed by atoms with Crippen molar-refractivity contribution in [1.29, 1.82) is 0 Å². The van der Waals surface area contributed by atoms with E-state index in [9.17, 15) is 4.79 Å². The van der Waals surface area contributed by atoms with Crippen LogP contribution >= 0.6 is 11.8 Å². The molecule has 1 aliphatic heterocycles. The van der Waals surface area contributed by atoms with Crippen LogP contribution in [0.25, 0.3) is 0 Å². The lowest BCUT2D eigenvalue weighted by atomic mass is 10.0. The highest BCUT2D eigenvalue weighted by Crippen LogP contribution is 2.20. The van der Waals surface area contributed by atoms with Crippen molar-refractivity contribution in [3.63, 3.8) is 0 Å². The molecule has 0 radical (unpaired) electrons. The molecule has 0 aliphatic carbocycles. The van der Waals surface area contributed by atoms with E-state index >= 15 is 0 Å². The van der Waals surface area contributed by atoms with E-state index in [1.807, 2.05) is 25.1 Å². The van der Waals surface area contributed by atoms with Gasteiger partial charge in [-0.1, -0.05) is 49.0 Å². The first-order chi connectivity index (χ1) is 10.3. The van der Waals surface area contributed by atoms with E-state index in [-0.39, 0.29) is 5.56 Å². The lowest BCUT2D eigenvalue weighted by Gasteiger charge is -2.13. The van der Waals surface area contributed by atoms with E-state index in [4.69, 9.17) is 9.72 Å². The van der Waals surface area contributed by atoms with Gasteiger partial charge in [0.15, 0.2) is 5.16 Å². The van der Waals surface area contributed by atoms with Crippen molar-refractivity contribution >= 4 is 11.8 Å². The smallest absolute Gasteiger partial charge is 0.259 e. The summed E-state index contributed by atoms with van der Waals surface area (Å²) >= 11 is 1.59. The molecule has 1 aromatic carbocycles. The Balaban J connectivity index is 2.05. The first kappa shape index (κ1) is 14.4. The minimum absolute atomic E-state index is 0.0443. The van der Waals surface area contributed by atoms with Gasteiger partial charge in [0.2, 0.25) is 0 Å². The third-order valence-electron chi connectivity index (χ3n) is 3.56. The largest absolute Gasteiger partial charge is 0.360 e. The van der Waals surface area contributed by atoms with Gasteiger partial charge in [-0.2, -0.15) is 0 Å². The van der Waals surface area contributed by atoms with E-state index < -0.39 is 0 Å². The Morgan fingerprint density at radius 2 is 2.14 bits per heavy atom. The molecule has 0 amide bonds. The van der Waals surface area contributed by atoms with Crippen LogP contribution in [0.4, 0.5) is 0 Å². The maximum absolute atomic E-state index is 12.6. The van der Waals surface area contributed by atoms with Gasteiger partial charge in [0, 0.05) is 17.7 Å². The summed E-state index contributed by atoms with van der Waals surface area (Å²) in [5, 5.41) is 0.778. The predicted molar refractivity (Wildman–Crippen MR) is 83.8 cm³/mol. The summed E-state index contributed by atoms with van der Waals surface area (Å²) in [6.07, 6.45) is 1.40. The molecule has 4 nitrogen and oxygen atoms in total. The predicted octanol–water partition coefficient (Wildman–Crippen LogP) is 2.48. The molecule has 21 heavy (non-hydrogen) atoms. The van der Waals surface area contributed by atoms with Gasteiger partial charge in [0.1, 0.15) is 6.73 Å². The van der Waals surface area contributed by atoms with Gasteiger partial charge in [-0.15, -0.1) is 0 Å². The van der Waals surface area contributed by atoms with E-state index in [2.05, 4.69) is 12.1 Å². The zero-order valence-electron chi connectivity index (χ0n) is 12.0. The van der Waals surface area contributed by atoms with Crippen LogP contribution in [-0.4, -0.2) is 21.9 Å². The second kappa shape index (κ2) is 6.45. The molecule has 0 N–H and O–H groups in total. The molecule has 5 heteroatoms. The fraction of sp³-hybridized carbons (Fsp3) is 0.375. The molecule has 0 saturated carbocycles. The van der Waals surface area contributed by atoms with Crippen molar-refractivity contribution in [1.82, 2.24) is 9.55 Å². The van der Waals surface area contributed by atoms with Crippen molar-refractivity contribution in [2.45, 2.75) is 31.7 Å². The molecule has 3 rings (SSSR count). The van der Waals surface area contributed by atoms with Crippen molar-refractivity contribution in [3.8, 4) is 0 Å². The quantitative estimate of drug-likeness (QED) is 0.817. The van der Waals surface area contributed by atoms with Gasteiger partial charge in [-0.25, -0.2) is 4.98 Å². The summed E-state index contributed by atoms with van der Waals surface area (Å²) in [5.41, 5.74) is 2.92. The van der Waals surface area contributed by atoms with Crippen LogP contribution in [-0.2, 0) is 24.3 Å². The Labute approximate surface area is 128 Å². The third kappa shape index (κ3) is 3.04. The van der Waals surface area contributed by atoms with Gasteiger partial charge in [-0.05, 0) is 12.0 Å². The van der Waals surface area contributed by atoms with E-state index in [1.54, 1.807) is 16.3 Å². The molecule has 110 valence electrons. The summed E-state index contributed by atoms with van der Waals surface area (Å²) in [6.45, 7) is 2.97. The average Bonchev–Trinajstić information content (AvgIpc) is 2.74. The Hall–Kier alpha value is -1.59. The molecule has 0 unspecified atom stereocenters. The molecule has 0 bridgehead atoms. The van der Waals surface area contributed by atoms with Gasteiger partial charge in [0.25, 0.3) is 5.56 Å². The zero-order chi connectivity index (χ0) is 14.7. The molecule has 2 heterocycles. The van der Waals surface area contributed by atoms with Crippen LogP contribution < -0.4 is 5.56 Å². The summed E-state index contributed by atoms with van der Waals surface area (Å²) in [7, 11) is 0. The highest BCUT2D eigenvalue weighted by atomic mass is 32.2. The van der Waals surface area contributed by atoms with Crippen molar-refractivity contribution in [2.24, 2.45) is 0 Å². The Bertz CT molecular complexity index is 683. The normalized spacial score (nSPS) is 14.5. The number of hydrogen-bond acceptors (Lipinski definition) is 4. The van der Waals surface area contributed by atoms with Crippen molar-refractivity contribution in [3.05, 3.63) is 57.5 Å². The third-order valence-corrected chi connectivity index (χ3v) is 4.50. The topological polar surface area (TPSA) is 44.1 Å². The van der Waals surface area contributed by atoms with E-state index in [0.29, 0.717) is 26.2 Å². The summed E-state index contributed by atoms with van der Waals surface area (Å²) in [5.74, 6) is 0.836. The molecule has 0 atom stereocenters. The first-order valence-electron chi connectivity index (χ1n) is 7.16. The van der Waals surface area contributed by atoms with Crippen LogP contribution in [0.2, 0.25) is 0 Å². The number of benzene rings is 1. The number of hydrogen-bond donors (Lipinski definition) is 0. The summed E-state index contributed by atoms with van der Waals surface area (Å²) < 4.78 is 7.12. The maximum Gasteiger partial charge on any atom is 0.259 e. The number of aromatic nitrogens is 2. The number of thioether (sulfide) groups is 1. The van der Waals surface area contributed by atoms with Crippen molar-refractivity contribution < 1.29 is 4.74 Å². The summed E-state index contributed by atoms with van der Waals surface area (Å²) in [6, 6.07) is 10.2. The van der Waals surface area contributed by atoms with Gasteiger partial charge in [0.05, 0.1) is 12.3 Å². The number of rotatable bonds is 3. The minimum atomic E-state index is 0.0443.